The fourth-order valence-electron chi connectivity index (χ4n) is 3.90. The van der Waals surface area contributed by atoms with Gasteiger partial charge >= 0.3 is 0 Å². The lowest BCUT2D eigenvalue weighted by Crippen LogP contribution is -2.23. The van der Waals surface area contributed by atoms with E-state index < -0.39 is 18.0 Å². The molecule has 1 aliphatic carbocycles. The lowest BCUT2D eigenvalue weighted by molar-refractivity contribution is 0.0992. The highest BCUT2D eigenvalue weighted by Crippen LogP contribution is 2.30. The molecule has 1 saturated carbocycles. The SMILES string of the molecule is Cn1nc(-c2ccc(C(N)=O)c(-c3ccc(C(N)=O)cc3)c2)sc1=N[C@@H]1CCC[C@@H](F)C1. The van der Waals surface area contributed by atoms with Crippen LogP contribution in [-0.2, 0) is 7.05 Å². The Kier molecular flexibility index (Phi) is 6.18. The van der Waals surface area contributed by atoms with E-state index in [9.17, 15) is 14.0 Å². The van der Waals surface area contributed by atoms with E-state index in [4.69, 9.17) is 16.5 Å². The first-order valence-corrected chi connectivity index (χ1v) is 11.2. The van der Waals surface area contributed by atoms with Crippen LogP contribution in [0.25, 0.3) is 21.7 Å². The van der Waals surface area contributed by atoms with Gasteiger partial charge in [-0.2, -0.15) is 5.10 Å². The zero-order valence-electron chi connectivity index (χ0n) is 17.6. The van der Waals surface area contributed by atoms with Crippen molar-refractivity contribution in [1.82, 2.24) is 9.78 Å². The Bertz CT molecular complexity index is 1230. The molecule has 1 fully saturated rings. The molecule has 0 spiro atoms. The topological polar surface area (TPSA) is 116 Å². The Morgan fingerprint density at radius 2 is 1.81 bits per heavy atom. The number of hydrogen-bond donors (Lipinski definition) is 2. The van der Waals surface area contributed by atoms with Crippen molar-refractivity contribution < 1.29 is 14.0 Å². The summed E-state index contributed by atoms with van der Waals surface area (Å²) < 4.78 is 15.4. The lowest BCUT2D eigenvalue weighted by Gasteiger charge is -2.20. The monoisotopic (exact) mass is 453 g/mol. The first-order chi connectivity index (χ1) is 15.3. The molecule has 2 atom stereocenters. The fourth-order valence-corrected chi connectivity index (χ4v) is 4.86. The lowest BCUT2D eigenvalue weighted by atomic mass is 9.94. The Labute approximate surface area is 188 Å². The summed E-state index contributed by atoms with van der Waals surface area (Å²) in [6.07, 6.45) is 2.00. The summed E-state index contributed by atoms with van der Waals surface area (Å²) in [6, 6.07) is 11.9. The third-order valence-corrected chi connectivity index (χ3v) is 6.66. The van der Waals surface area contributed by atoms with Gasteiger partial charge in [0.1, 0.15) is 11.2 Å². The van der Waals surface area contributed by atoms with E-state index in [0.29, 0.717) is 29.5 Å². The number of hydrogen-bond acceptors (Lipinski definition) is 5. The molecular weight excluding hydrogens is 429 g/mol. The molecule has 1 aliphatic rings. The number of amides is 2. The Hall–Kier alpha value is -3.33. The van der Waals surface area contributed by atoms with Crippen LogP contribution in [0.15, 0.2) is 47.5 Å². The Morgan fingerprint density at radius 3 is 2.47 bits per heavy atom. The van der Waals surface area contributed by atoms with Gasteiger partial charge < -0.3 is 11.5 Å². The van der Waals surface area contributed by atoms with Gasteiger partial charge in [0.2, 0.25) is 16.6 Å². The van der Waals surface area contributed by atoms with Crippen molar-refractivity contribution in [2.45, 2.75) is 37.9 Å². The average Bonchev–Trinajstić information content (AvgIpc) is 3.13. The minimum atomic E-state index is -0.792. The second kappa shape index (κ2) is 9.04. The number of carbonyl (C=O) groups excluding carboxylic acids is 2. The summed E-state index contributed by atoms with van der Waals surface area (Å²) >= 11 is 1.42. The van der Waals surface area contributed by atoms with Crippen molar-refractivity contribution in [2.75, 3.05) is 0 Å². The third-order valence-electron chi connectivity index (χ3n) is 5.59. The van der Waals surface area contributed by atoms with Crippen LogP contribution in [0.3, 0.4) is 0 Å². The van der Waals surface area contributed by atoms with Crippen LogP contribution in [0.5, 0.6) is 0 Å². The molecule has 1 aromatic heterocycles. The number of alkyl halides is 1. The van der Waals surface area contributed by atoms with Crippen LogP contribution >= 0.6 is 11.3 Å². The van der Waals surface area contributed by atoms with Crippen molar-refractivity contribution in [3.8, 4) is 21.7 Å². The maximum Gasteiger partial charge on any atom is 0.249 e. The van der Waals surface area contributed by atoms with E-state index in [1.54, 1.807) is 41.1 Å². The summed E-state index contributed by atoms with van der Waals surface area (Å²) in [5.41, 5.74) is 13.8. The number of carbonyl (C=O) groups is 2. The van der Waals surface area contributed by atoms with E-state index in [1.807, 2.05) is 13.1 Å². The molecule has 0 bridgehead atoms. The summed E-state index contributed by atoms with van der Waals surface area (Å²) in [5, 5.41) is 5.31. The maximum absolute atomic E-state index is 13.7. The summed E-state index contributed by atoms with van der Waals surface area (Å²) in [4.78, 5) is 28.8. The van der Waals surface area contributed by atoms with Gasteiger partial charge in [-0.05, 0) is 54.7 Å². The van der Waals surface area contributed by atoms with Crippen LogP contribution in [-0.4, -0.2) is 33.8 Å². The molecule has 32 heavy (non-hydrogen) atoms. The predicted octanol–water partition coefficient (Wildman–Crippen LogP) is 3.19. The first kappa shape index (κ1) is 21.9. The van der Waals surface area contributed by atoms with Gasteiger partial charge in [0.15, 0.2) is 0 Å². The summed E-state index contributed by atoms with van der Waals surface area (Å²) in [6.45, 7) is 0. The molecule has 2 aromatic carbocycles. The van der Waals surface area contributed by atoms with E-state index >= 15 is 0 Å². The molecule has 0 radical (unpaired) electrons. The van der Waals surface area contributed by atoms with Gasteiger partial charge in [0.25, 0.3) is 0 Å². The molecular formula is C23H24FN5O2S. The molecule has 3 aromatic rings. The van der Waals surface area contributed by atoms with Crippen molar-refractivity contribution >= 4 is 23.2 Å². The molecule has 4 rings (SSSR count). The summed E-state index contributed by atoms with van der Waals surface area (Å²) in [7, 11) is 1.82. The van der Waals surface area contributed by atoms with Crippen molar-refractivity contribution in [3.05, 3.63) is 58.4 Å². The quantitative estimate of drug-likeness (QED) is 0.618. The maximum atomic E-state index is 13.7. The Balaban J connectivity index is 1.73. The molecule has 0 saturated heterocycles. The highest BCUT2D eigenvalue weighted by Gasteiger charge is 2.21. The molecule has 9 heteroatoms. The van der Waals surface area contributed by atoms with Crippen LogP contribution in [0.4, 0.5) is 4.39 Å². The predicted molar refractivity (Wildman–Crippen MR) is 122 cm³/mol. The van der Waals surface area contributed by atoms with Crippen LogP contribution < -0.4 is 16.3 Å². The molecule has 1 heterocycles. The number of halogens is 1. The van der Waals surface area contributed by atoms with Crippen molar-refractivity contribution in [3.63, 3.8) is 0 Å². The summed E-state index contributed by atoms with van der Waals surface area (Å²) in [5.74, 6) is -1.08. The fraction of sp³-hybridized carbons (Fsp3) is 0.304. The van der Waals surface area contributed by atoms with Crippen LogP contribution in [0.1, 0.15) is 46.4 Å². The van der Waals surface area contributed by atoms with Crippen LogP contribution in [0.2, 0.25) is 0 Å². The van der Waals surface area contributed by atoms with Gasteiger partial charge in [-0.3, -0.25) is 14.6 Å². The van der Waals surface area contributed by atoms with Gasteiger partial charge in [0.05, 0.1) is 6.04 Å². The number of aryl methyl sites for hydroxylation is 1. The average molecular weight is 454 g/mol. The molecule has 0 aliphatic heterocycles. The number of nitrogens with zero attached hydrogens (tertiary/aromatic N) is 3. The molecule has 7 nitrogen and oxygen atoms in total. The molecule has 2 amide bonds. The minimum absolute atomic E-state index is 0.0326. The smallest absolute Gasteiger partial charge is 0.249 e. The molecule has 0 unspecified atom stereocenters. The normalized spacial score (nSPS) is 19.1. The molecule has 4 N–H and O–H groups in total. The van der Waals surface area contributed by atoms with Crippen molar-refractivity contribution in [1.29, 1.82) is 0 Å². The second-order valence-corrected chi connectivity index (χ2v) is 8.88. The van der Waals surface area contributed by atoms with E-state index in [-0.39, 0.29) is 6.04 Å². The third kappa shape index (κ3) is 4.62. The number of nitrogens with two attached hydrogens (primary N) is 2. The van der Waals surface area contributed by atoms with E-state index in [1.165, 1.54) is 11.3 Å². The highest BCUT2D eigenvalue weighted by atomic mass is 32.1. The van der Waals surface area contributed by atoms with E-state index in [0.717, 1.165) is 33.8 Å². The van der Waals surface area contributed by atoms with Gasteiger partial charge in [-0.15, -0.1) is 0 Å². The second-order valence-electron chi connectivity index (χ2n) is 7.93. The first-order valence-electron chi connectivity index (χ1n) is 10.4. The van der Waals surface area contributed by atoms with Crippen molar-refractivity contribution in [2.24, 2.45) is 23.5 Å². The molecule has 166 valence electrons. The van der Waals surface area contributed by atoms with Gasteiger partial charge in [0, 0.05) is 30.2 Å². The number of rotatable bonds is 5. The number of benzene rings is 2. The zero-order valence-corrected chi connectivity index (χ0v) is 18.4. The Morgan fingerprint density at radius 1 is 1.09 bits per heavy atom. The standard InChI is InChI=1S/C23H24FN5O2S/c1-29-23(27-17-4-2-3-16(24)12-17)32-22(28-29)15-9-10-18(21(26)31)19(11-15)13-5-7-14(8-6-13)20(25)30/h5-11,16-17H,2-4,12H2,1H3,(H2,25,30)(H2,26,31)/t16-,17-/m1/s1. The zero-order chi connectivity index (χ0) is 22.8. The van der Waals surface area contributed by atoms with Crippen LogP contribution in [0, 0.1) is 0 Å². The number of primary amides is 2. The largest absolute Gasteiger partial charge is 0.366 e. The van der Waals surface area contributed by atoms with Gasteiger partial charge in [-0.25, -0.2) is 9.07 Å². The minimum Gasteiger partial charge on any atom is -0.366 e. The van der Waals surface area contributed by atoms with Gasteiger partial charge in [-0.1, -0.05) is 29.5 Å². The van der Waals surface area contributed by atoms with E-state index in [2.05, 4.69) is 5.10 Å². The number of aromatic nitrogens is 2. The highest BCUT2D eigenvalue weighted by molar-refractivity contribution is 7.12.